The van der Waals surface area contributed by atoms with Crippen LogP contribution in [0.3, 0.4) is 0 Å². The molecule has 92 valence electrons. The Balaban J connectivity index is 2.23. The molecule has 2 saturated heterocycles. The first-order valence-corrected chi connectivity index (χ1v) is 5.14. The molecule has 0 aromatic rings. The van der Waals surface area contributed by atoms with E-state index in [0.717, 1.165) is 0 Å². The maximum absolute atomic E-state index is 11.1. The van der Waals surface area contributed by atoms with Crippen LogP contribution < -0.4 is 5.32 Å². The molecule has 7 heteroatoms. The van der Waals surface area contributed by atoms with Gasteiger partial charge < -0.3 is 30.5 Å². The fourth-order valence-electron chi connectivity index (χ4n) is 2.21. The number of nitrogens with one attached hydrogen (secondary N) is 1. The molecule has 0 radical (unpaired) electrons. The summed E-state index contributed by atoms with van der Waals surface area (Å²) in [6.07, 6.45) is -4.87. The van der Waals surface area contributed by atoms with Crippen molar-refractivity contribution in [3.05, 3.63) is 0 Å². The third-order valence-electron chi connectivity index (χ3n) is 3.15. The summed E-state index contributed by atoms with van der Waals surface area (Å²) in [5.41, 5.74) is -1.39. The third kappa shape index (κ3) is 1.61. The molecule has 7 nitrogen and oxygen atoms in total. The number of ether oxygens (including phenoxy) is 1. The number of amides is 1. The zero-order chi connectivity index (χ0) is 11.9. The Kier molecular flexibility index (Phi) is 2.89. The Morgan fingerprint density at radius 2 is 2.06 bits per heavy atom. The second kappa shape index (κ2) is 3.94. The van der Waals surface area contributed by atoms with E-state index < -0.39 is 36.7 Å². The Labute approximate surface area is 91.6 Å². The van der Waals surface area contributed by atoms with Gasteiger partial charge in [-0.25, -0.2) is 0 Å². The van der Waals surface area contributed by atoms with Crippen LogP contribution in [0.5, 0.6) is 0 Å². The number of aliphatic hydroxyl groups is 4. The number of carbonyl (C=O) groups is 1. The lowest BCUT2D eigenvalue weighted by Gasteiger charge is -2.46. The van der Waals surface area contributed by atoms with Gasteiger partial charge in [0.15, 0.2) is 5.72 Å². The third-order valence-corrected chi connectivity index (χ3v) is 3.15. The Morgan fingerprint density at radius 3 is 2.56 bits per heavy atom. The molecule has 5 atom stereocenters. The normalized spacial score (nSPS) is 48.4. The highest BCUT2D eigenvalue weighted by Crippen LogP contribution is 2.34. The molecule has 0 saturated carbocycles. The number of carbonyl (C=O) groups excluding carboxylic acids is 1. The van der Waals surface area contributed by atoms with E-state index in [0.29, 0.717) is 0 Å². The Bertz CT molecular complexity index is 296. The zero-order valence-corrected chi connectivity index (χ0v) is 8.54. The van der Waals surface area contributed by atoms with E-state index in [9.17, 15) is 20.1 Å². The summed E-state index contributed by atoms with van der Waals surface area (Å²) in [7, 11) is 0. The van der Waals surface area contributed by atoms with Crippen molar-refractivity contribution in [1.82, 2.24) is 5.32 Å². The van der Waals surface area contributed by atoms with Crippen molar-refractivity contribution < 1.29 is 30.0 Å². The van der Waals surface area contributed by atoms with Gasteiger partial charge in [0.05, 0.1) is 6.61 Å². The summed E-state index contributed by atoms with van der Waals surface area (Å²) >= 11 is 0. The van der Waals surface area contributed by atoms with Crippen molar-refractivity contribution in [2.24, 2.45) is 0 Å². The molecule has 16 heavy (non-hydrogen) atoms. The van der Waals surface area contributed by atoms with E-state index in [1.54, 1.807) is 0 Å². The van der Waals surface area contributed by atoms with Gasteiger partial charge >= 0.3 is 0 Å². The Hall–Kier alpha value is -0.730. The summed E-state index contributed by atoms with van der Waals surface area (Å²) in [6, 6.07) is 0. The van der Waals surface area contributed by atoms with Crippen LogP contribution in [-0.2, 0) is 9.53 Å². The van der Waals surface area contributed by atoms with Crippen LogP contribution in [0.25, 0.3) is 0 Å². The zero-order valence-electron chi connectivity index (χ0n) is 8.54. The van der Waals surface area contributed by atoms with Crippen LogP contribution in [0.4, 0.5) is 0 Å². The summed E-state index contributed by atoms with van der Waals surface area (Å²) in [5.74, 6) is -0.292. The molecular formula is C9H15NO6. The van der Waals surface area contributed by atoms with Crippen molar-refractivity contribution in [2.75, 3.05) is 6.61 Å². The lowest BCUT2D eigenvalue weighted by atomic mass is 9.90. The van der Waals surface area contributed by atoms with Gasteiger partial charge in [0.2, 0.25) is 5.91 Å². The van der Waals surface area contributed by atoms with Gasteiger partial charge in [-0.05, 0) is 0 Å². The minimum Gasteiger partial charge on any atom is -0.394 e. The minimum absolute atomic E-state index is 0.179. The first-order chi connectivity index (χ1) is 7.50. The molecule has 2 rings (SSSR count). The topological polar surface area (TPSA) is 119 Å². The van der Waals surface area contributed by atoms with Gasteiger partial charge in [0.25, 0.3) is 0 Å². The second-order valence-electron chi connectivity index (χ2n) is 4.20. The predicted octanol–water partition coefficient (Wildman–Crippen LogP) is -2.93. The van der Waals surface area contributed by atoms with Crippen LogP contribution in [0.15, 0.2) is 0 Å². The highest BCUT2D eigenvalue weighted by atomic mass is 16.6. The number of hydrogen-bond donors (Lipinski definition) is 5. The second-order valence-corrected chi connectivity index (χ2v) is 4.20. The minimum atomic E-state index is -1.45. The summed E-state index contributed by atoms with van der Waals surface area (Å²) < 4.78 is 5.31. The van der Waals surface area contributed by atoms with Gasteiger partial charge in [0, 0.05) is 12.8 Å². The fraction of sp³-hybridized carbons (Fsp3) is 0.889. The summed E-state index contributed by atoms with van der Waals surface area (Å²) in [5, 5.41) is 40.4. The van der Waals surface area contributed by atoms with Crippen LogP contribution in [0.2, 0.25) is 0 Å². The molecule has 0 aromatic carbocycles. The lowest BCUT2D eigenvalue weighted by Crippen LogP contribution is -2.68. The molecule has 1 spiro atoms. The number of hydrogen-bond acceptors (Lipinski definition) is 6. The number of rotatable bonds is 1. The first kappa shape index (κ1) is 11.7. The van der Waals surface area contributed by atoms with Crippen molar-refractivity contribution in [3.63, 3.8) is 0 Å². The van der Waals surface area contributed by atoms with E-state index in [1.165, 1.54) is 0 Å². The summed E-state index contributed by atoms with van der Waals surface area (Å²) in [4.78, 5) is 11.1. The van der Waals surface area contributed by atoms with Crippen molar-refractivity contribution in [2.45, 2.75) is 43.0 Å². The molecule has 0 unspecified atom stereocenters. The molecule has 1 amide bonds. The van der Waals surface area contributed by atoms with Gasteiger partial charge in [-0.2, -0.15) is 0 Å². The maximum atomic E-state index is 11.1. The van der Waals surface area contributed by atoms with Gasteiger partial charge in [-0.1, -0.05) is 0 Å². The Morgan fingerprint density at radius 1 is 1.38 bits per heavy atom. The van der Waals surface area contributed by atoms with E-state index in [2.05, 4.69) is 5.32 Å². The van der Waals surface area contributed by atoms with Crippen LogP contribution in [0.1, 0.15) is 12.8 Å². The average Bonchev–Trinajstić information content (AvgIpc) is 2.64. The molecule has 0 aliphatic carbocycles. The highest BCUT2D eigenvalue weighted by Gasteiger charge is 2.56. The van der Waals surface area contributed by atoms with Crippen molar-refractivity contribution >= 4 is 5.91 Å². The van der Waals surface area contributed by atoms with Gasteiger partial charge in [0.1, 0.15) is 24.4 Å². The quantitative estimate of drug-likeness (QED) is 0.331. The van der Waals surface area contributed by atoms with Crippen LogP contribution in [-0.4, -0.2) is 63.1 Å². The molecular weight excluding hydrogens is 218 g/mol. The SMILES string of the molecule is O=C1CC[C@]2(N1)O[C@H](CO)[C@@H](O)[C@H](O)[C@H]2O. The van der Waals surface area contributed by atoms with Crippen molar-refractivity contribution in [1.29, 1.82) is 0 Å². The molecule has 2 fully saturated rings. The van der Waals surface area contributed by atoms with E-state index in [1.807, 2.05) is 0 Å². The summed E-state index contributed by atoms with van der Waals surface area (Å²) in [6.45, 7) is -0.497. The molecule has 0 bridgehead atoms. The van der Waals surface area contributed by atoms with Crippen LogP contribution >= 0.6 is 0 Å². The fourth-order valence-corrected chi connectivity index (χ4v) is 2.21. The standard InChI is InChI=1S/C9H15NO6/c11-3-4-6(13)7(14)8(15)9(16-4)2-1-5(12)10-9/h4,6-8,11,13-15H,1-3H2,(H,10,12)/t4-,6-,7+,8-,9+/m1/s1. The molecule has 0 aromatic heterocycles. The van der Waals surface area contributed by atoms with Crippen molar-refractivity contribution in [3.8, 4) is 0 Å². The van der Waals surface area contributed by atoms with Crippen LogP contribution in [0, 0.1) is 0 Å². The van der Waals surface area contributed by atoms with Gasteiger partial charge in [-0.15, -0.1) is 0 Å². The van der Waals surface area contributed by atoms with E-state index >= 15 is 0 Å². The van der Waals surface area contributed by atoms with Gasteiger partial charge in [-0.3, -0.25) is 4.79 Å². The molecule has 2 aliphatic rings. The monoisotopic (exact) mass is 233 g/mol. The van der Waals surface area contributed by atoms with E-state index in [4.69, 9.17) is 9.84 Å². The maximum Gasteiger partial charge on any atom is 0.222 e. The first-order valence-electron chi connectivity index (χ1n) is 5.14. The highest BCUT2D eigenvalue weighted by molar-refractivity contribution is 5.79. The lowest BCUT2D eigenvalue weighted by molar-refractivity contribution is -0.278. The molecule has 2 heterocycles. The largest absolute Gasteiger partial charge is 0.394 e. The van der Waals surface area contributed by atoms with E-state index in [-0.39, 0.29) is 18.7 Å². The smallest absolute Gasteiger partial charge is 0.222 e. The average molecular weight is 233 g/mol. The molecule has 2 aliphatic heterocycles. The predicted molar refractivity (Wildman–Crippen MR) is 50.1 cm³/mol. The number of aliphatic hydroxyl groups excluding tert-OH is 4. The molecule has 5 N–H and O–H groups in total.